The van der Waals surface area contributed by atoms with Gasteiger partial charge >= 0.3 is 5.76 Å². The Morgan fingerprint density at radius 1 is 1.22 bits per heavy atom. The van der Waals surface area contributed by atoms with E-state index < -0.39 is 5.76 Å². The van der Waals surface area contributed by atoms with E-state index in [9.17, 15) is 9.18 Å². The third kappa shape index (κ3) is 2.39. The first-order chi connectivity index (χ1) is 11.1. The number of hydrogen-bond donors (Lipinski definition) is 0. The molecule has 0 atom stereocenters. The Labute approximate surface area is 134 Å². The van der Waals surface area contributed by atoms with Crippen molar-refractivity contribution in [1.29, 1.82) is 0 Å². The molecule has 0 aliphatic rings. The van der Waals surface area contributed by atoms with Crippen LogP contribution in [-0.2, 0) is 6.54 Å². The lowest BCUT2D eigenvalue weighted by Crippen LogP contribution is -2.15. The van der Waals surface area contributed by atoms with E-state index in [2.05, 4.69) is 4.98 Å². The van der Waals surface area contributed by atoms with Crippen molar-refractivity contribution in [1.82, 2.24) is 9.55 Å². The fourth-order valence-corrected chi connectivity index (χ4v) is 2.87. The van der Waals surface area contributed by atoms with E-state index in [0.29, 0.717) is 32.6 Å². The Morgan fingerprint density at radius 2 is 2.09 bits per heavy atom. The van der Waals surface area contributed by atoms with E-state index in [1.54, 1.807) is 36.5 Å². The van der Waals surface area contributed by atoms with Gasteiger partial charge in [-0.3, -0.25) is 9.55 Å². The van der Waals surface area contributed by atoms with Gasteiger partial charge in [0.25, 0.3) is 0 Å². The predicted molar refractivity (Wildman–Crippen MR) is 86.3 cm³/mol. The second-order valence-electron chi connectivity index (χ2n) is 5.21. The first-order valence-corrected chi connectivity index (χ1v) is 7.32. The molecule has 0 aliphatic carbocycles. The number of benzene rings is 2. The highest BCUT2D eigenvalue weighted by Gasteiger charge is 2.13. The van der Waals surface area contributed by atoms with Crippen molar-refractivity contribution in [2.75, 3.05) is 0 Å². The van der Waals surface area contributed by atoms with Gasteiger partial charge in [0.2, 0.25) is 0 Å². The lowest BCUT2D eigenvalue weighted by Gasteiger charge is -2.07. The Hall–Kier alpha value is -2.66. The topological polar surface area (TPSA) is 48.0 Å². The Bertz CT molecular complexity index is 1100. The zero-order valence-corrected chi connectivity index (χ0v) is 12.5. The number of aromatic nitrogens is 2. The third-order valence-electron chi connectivity index (χ3n) is 3.71. The summed E-state index contributed by atoms with van der Waals surface area (Å²) in [7, 11) is 0. The van der Waals surface area contributed by atoms with Crippen LogP contribution >= 0.6 is 11.6 Å². The molecule has 0 saturated carbocycles. The summed E-state index contributed by atoms with van der Waals surface area (Å²) < 4.78 is 20.5. The van der Waals surface area contributed by atoms with Gasteiger partial charge in [-0.1, -0.05) is 17.7 Å². The molecule has 4 nitrogen and oxygen atoms in total. The van der Waals surface area contributed by atoms with Crippen LogP contribution in [0.25, 0.3) is 22.0 Å². The van der Waals surface area contributed by atoms with Gasteiger partial charge < -0.3 is 4.42 Å². The number of oxazole rings is 1. The molecular formula is C17H10ClFN2O2. The van der Waals surface area contributed by atoms with Crippen LogP contribution in [-0.4, -0.2) is 9.55 Å². The minimum absolute atomic E-state index is 0.165. The van der Waals surface area contributed by atoms with Crippen molar-refractivity contribution >= 4 is 33.6 Å². The van der Waals surface area contributed by atoms with Crippen molar-refractivity contribution in [3.8, 4) is 0 Å². The summed E-state index contributed by atoms with van der Waals surface area (Å²) in [6.07, 6.45) is 1.64. The number of pyridine rings is 1. The fourth-order valence-electron chi connectivity index (χ4n) is 2.71. The number of hydrogen-bond acceptors (Lipinski definition) is 3. The van der Waals surface area contributed by atoms with Crippen LogP contribution in [0.1, 0.15) is 5.56 Å². The van der Waals surface area contributed by atoms with Crippen molar-refractivity contribution in [3.63, 3.8) is 0 Å². The van der Waals surface area contributed by atoms with Crippen molar-refractivity contribution in [2.24, 2.45) is 0 Å². The maximum absolute atomic E-state index is 13.8. The van der Waals surface area contributed by atoms with Gasteiger partial charge in [-0.2, -0.15) is 0 Å². The Kier molecular flexibility index (Phi) is 3.16. The summed E-state index contributed by atoms with van der Waals surface area (Å²) in [5.74, 6) is -0.889. The average molecular weight is 329 g/mol. The first kappa shape index (κ1) is 14.0. The van der Waals surface area contributed by atoms with Crippen molar-refractivity contribution < 1.29 is 8.81 Å². The molecule has 0 spiro atoms. The smallest absolute Gasteiger partial charge is 0.408 e. The van der Waals surface area contributed by atoms with Crippen LogP contribution in [0.15, 0.2) is 57.9 Å². The number of nitrogens with zero attached hydrogens (tertiary/aromatic N) is 2. The minimum atomic E-state index is -0.518. The highest BCUT2D eigenvalue weighted by atomic mass is 35.5. The molecule has 114 valence electrons. The van der Waals surface area contributed by atoms with E-state index in [-0.39, 0.29) is 12.4 Å². The fraction of sp³-hybridized carbons (Fsp3) is 0.0588. The molecule has 0 N–H and O–H groups in total. The van der Waals surface area contributed by atoms with E-state index in [4.69, 9.17) is 16.0 Å². The van der Waals surface area contributed by atoms with E-state index in [0.717, 1.165) is 0 Å². The molecule has 0 aliphatic heterocycles. The van der Waals surface area contributed by atoms with Crippen LogP contribution in [0.2, 0.25) is 5.02 Å². The Balaban J connectivity index is 1.92. The van der Waals surface area contributed by atoms with E-state index in [1.165, 1.54) is 16.7 Å². The second kappa shape index (κ2) is 5.21. The van der Waals surface area contributed by atoms with Crippen LogP contribution in [0.4, 0.5) is 4.39 Å². The third-order valence-corrected chi connectivity index (χ3v) is 3.94. The van der Waals surface area contributed by atoms with Gasteiger partial charge in [-0.15, -0.1) is 0 Å². The summed E-state index contributed by atoms with van der Waals surface area (Å²) in [6.45, 7) is 0.165. The molecule has 23 heavy (non-hydrogen) atoms. The largest absolute Gasteiger partial charge is 0.420 e. The normalized spacial score (nSPS) is 11.4. The van der Waals surface area contributed by atoms with Gasteiger partial charge in [-0.05, 0) is 30.3 Å². The molecule has 2 aromatic carbocycles. The van der Waals surface area contributed by atoms with Crippen molar-refractivity contribution in [3.05, 3.63) is 75.6 Å². The van der Waals surface area contributed by atoms with Gasteiger partial charge in [-0.25, -0.2) is 9.18 Å². The van der Waals surface area contributed by atoms with E-state index >= 15 is 0 Å². The maximum atomic E-state index is 13.8. The molecule has 0 radical (unpaired) electrons. The molecule has 0 saturated heterocycles. The molecule has 2 heterocycles. The summed E-state index contributed by atoms with van der Waals surface area (Å²) in [6, 6.07) is 11.3. The number of rotatable bonds is 2. The quantitative estimate of drug-likeness (QED) is 0.559. The number of halogens is 2. The summed E-state index contributed by atoms with van der Waals surface area (Å²) in [4.78, 5) is 16.4. The zero-order chi connectivity index (χ0) is 16.0. The summed E-state index contributed by atoms with van der Waals surface area (Å²) in [5, 5.41) is 1.17. The standard InChI is InChI=1S/C17H10ClFN2O2/c18-12-3-4-14-15(8-12)23-17(22)21(14)9-11-7-13(19)6-10-2-1-5-20-16(10)11/h1-8H,9H2. The maximum Gasteiger partial charge on any atom is 0.420 e. The number of fused-ring (bicyclic) bond motifs is 2. The Morgan fingerprint density at radius 3 is 2.96 bits per heavy atom. The molecule has 0 unspecified atom stereocenters. The highest BCUT2D eigenvalue weighted by molar-refractivity contribution is 6.31. The van der Waals surface area contributed by atoms with Crippen LogP contribution in [0.3, 0.4) is 0 Å². The molecule has 0 bridgehead atoms. The molecule has 0 amide bonds. The molecule has 4 rings (SSSR count). The molecular weight excluding hydrogens is 319 g/mol. The minimum Gasteiger partial charge on any atom is -0.408 e. The molecule has 0 fully saturated rings. The second-order valence-corrected chi connectivity index (χ2v) is 5.64. The summed E-state index contributed by atoms with van der Waals surface area (Å²) >= 11 is 5.91. The first-order valence-electron chi connectivity index (χ1n) is 6.94. The van der Waals surface area contributed by atoms with Crippen molar-refractivity contribution in [2.45, 2.75) is 6.54 Å². The van der Waals surface area contributed by atoms with Gasteiger partial charge in [0, 0.05) is 28.2 Å². The molecule has 4 aromatic rings. The lowest BCUT2D eigenvalue weighted by molar-refractivity contribution is 0.517. The van der Waals surface area contributed by atoms with Crippen LogP contribution in [0, 0.1) is 5.82 Å². The van der Waals surface area contributed by atoms with Crippen LogP contribution < -0.4 is 5.76 Å². The molecule has 2 aromatic heterocycles. The monoisotopic (exact) mass is 328 g/mol. The average Bonchev–Trinajstić information content (AvgIpc) is 2.82. The SMILES string of the molecule is O=c1oc2cc(Cl)ccc2n1Cc1cc(F)cc2cccnc12. The van der Waals surface area contributed by atoms with Crippen LogP contribution in [0.5, 0.6) is 0 Å². The van der Waals surface area contributed by atoms with Gasteiger partial charge in [0.05, 0.1) is 17.6 Å². The van der Waals surface area contributed by atoms with Gasteiger partial charge in [0.15, 0.2) is 5.58 Å². The summed E-state index contributed by atoms with van der Waals surface area (Å²) in [5.41, 5.74) is 2.27. The van der Waals surface area contributed by atoms with Gasteiger partial charge in [0.1, 0.15) is 5.82 Å². The molecule has 6 heteroatoms. The lowest BCUT2D eigenvalue weighted by atomic mass is 10.1. The predicted octanol–water partition coefficient (Wildman–Crippen LogP) is 3.98. The van der Waals surface area contributed by atoms with E-state index in [1.807, 2.05) is 0 Å². The highest BCUT2D eigenvalue weighted by Crippen LogP contribution is 2.22. The zero-order valence-electron chi connectivity index (χ0n) is 11.8.